The average Bonchev–Trinajstić information content (AvgIpc) is 2.14. The Kier molecular flexibility index (Phi) is 5.96. The summed E-state index contributed by atoms with van der Waals surface area (Å²) in [7, 11) is 0. The summed E-state index contributed by atoms with van der Waals surface area (Å²) in [5, 5.41) is 6.41. The second-order valence-electron chi connectivity index (χ2n) is 6.31. The van der Waals surface area contributed by atoms with Gasteiger partial charge in [-0.25, -0.2) is 0 Å². The van der Waals surface area contributed by atoms with Crippen molar-refractivity contribution in [1.82, 2.24) is 10.6 Å². The minimum atomic E-state index is 0.0373. The lowest BCUT2D eigenvalue weighted by atomic mass is 9.92. The van der Waals surface area contributed by atoms with E-state index in [9.17, 15) is 4.79 Å². The highest BCUT2D eigenvalue weighted by Gasteiger charge is 2.19. The van der Waals surface area contributed by atoms with Gasteiger partial charge in [-0.1, -0.05) is 40.0 Å². The van der Waals surface area contributed by atoms with E-state index >= 15 is 0 Å². The highest BCUT2D eigenvalue weighted by Crippen LogP contribution is 2.17. The molecule has 0 saturated carbocycles. The molecule has 1 fully saturated rings. The van der Waals surface area contributed by atoms with Crippen LogP contribution in [0.1, 0.15) is 59.3 Å². The molecule has 0 aromatic rings. The molecule has 1 heterocycles. The van der Waals surface area contributed by atoms with Gasteiger partial charge in [-0.15, -0.1) is 0 Å². The second-order valence-corrected chi connectivity index (χ2v) is 6.31. The minimum Gasteiger partial charge on any atom is -0.355 e. The van der Waals surface area contributed by atoms with E-state index in [0.29, 0.717) is 5.41 Å². The van der Waals surface area contributed by atoms with Gasteiger partial charge in [0.15, 0.2) is 0 Å². The number of carbonyl (C=O) groups excluding carboxylic acids is 1. The molecule has 0 aromatic heterocycles. The van der Waals surface area contributed by atoms with E-state index in [2.05, 4.69) is 31.4 Å². The van der Waals surface area contributed by atoms with Crippen molar-refractivity contribution in [2.45, 2.75) is 65.3 Å². The first kappa shape index (κ1) is 14.5. The van der Waals surface area contributed by atoms with Gasteiger partial charge >= 0.3 is 0 Å². The standard InChI is InChI=1S/C14H28N2O/c1-14(2,3)9-11-16-13(17)12-8-6-4-5-7-10-15-12/h12,15H,4-11H2,1-3H3,(H,16,17). The van der Waals surface area contributed by atoms with Crippen molar-refractivity contribution in [1.29, 1.82) is 0 Å². The second kappa shape index (κ2) is 7.00. The molecule has 0 aliphatic carbocycles. The normalized spacial score (nSPS) is 22.6. The van der Waals surface area contributed by atoms with E-state index < -0.39 is 0 Å². The molecule has 0 spiro atoms. The third kappa shape index (κ3) is 6.67. The first-order valence-electron chi connectivity index (χ1n) is 7.00. The van der Waals surface area contributed by atoms with Crippen LogP contribution >= 0.6 is 0 Å². The SMILES string of the molecule is CC(C)(C)CCNC(=O)C1CCCCCCN1. The van der Waals surface area contributed by atoms with Gasteiger partial charge in [-0.05, 0) is 31.2 Å². The van der Waals surface area contributed by atoms with Crippen molar-refractivity contribution < 1.29 is 4.79 Å². The van der Waals surface area contributed by atoms with Crippen molar-refractivity contribution in [3.8, 4) is 0 Å². The fraction of sp³-hybridized carbons (Fsp3) is 0.929. The molecule has 17 heavy (non-hydrogen) atoms. The summed E-state index contributed by atoms with van der Waals surface area (Å²) in [5.74, 6) is 0.191. The van der Waals surface area contributed by atoms with Crippen molar-refractivity contribution in [2.75, 3.05) is 13.1 Å². The molecule has 1 saturated heterocycles. The van der Waals surface area contributed by atoms with Gasteiger partial charge in [0.25, 0.3) is 0 Å². The smallest absolute Gasteiger partial charge is 0.237 e. The summed E-state index contributed by atoms with van der Waals surface area (Å²) < 4.78 is 0. The summed E-state index contributed by atoms with van der Waals surface area (Å²) in [6.45, 7) is 8.38. The lowest BCUT2D eigenvalue weighted by Crippen LogP contribution is -2.45. The Balaban J connectivity index is 2.25. The zero-order chi connectivity index (χ0) is 12.7. The maximum atomic E-state index is 12.0. The summed E-state index contributed by atoms with van der Waals surface area (Å²) in [6, 6.07) is 0.0373. The van der Waals surface area contributed by atoms with Crippen LogP contribution in [0.25, 0.3) is 0 Å². The predicted octanol–water partition coefficient (Wildman–Crippen LogP) is 2.46. The third-order valence-corrected chi connectivity index (χ3v) is 3.30. The summed E-state index contributed by atoms with van der Waals surface area (Å²) in [5.41, 5.74) is 0.293. The van der Waals surface area contributed by atoms with E-state index in [1.807, 2.05) is 0 Å². The summed E-state index contributed by atoms with van der Waals surface area (Å²) >= 11 is 0. The Morgan fingerprint density at radius 2 is 1.94 bits per heavy atom. The Bertz CT molecular complexity index is 225. The van der Waals surface area contributed by atoms with Crippen LogP contribution in [0.5, 0.6) is 0 Å². The Hall–Kier alpha value is -0.570. The van der Waals surface area contributed by atoms with Gasteiger partial charge in [-0.3, -0.25) is 4.79 Å². The fourth-order valence-corrected chi connectivity index (χ4v) is 2.11. The molecule has 1 rings (SSSR count). The molecule has 1 atom stereocenters. The van der Waals surface area contributed by atoms with Crippen LogP contribution in [0.3, 0.4) is 0 Å². The van der Waals surface area contributed by atoms with Crippen LogP contribution in [0, 0.1) is 5.41 Å². The van der Waals surface area contributed by atoms with Crippen molar-refractivity contribution in [3.63, 3.8) is 0 Å². The maximum absolute atomic E-state index is 12.0. The largest absolute Gasteiger partial charge is 0.355 e. The molecule has 1 unspecified atom stereocenters. The zero-order valence-corrected chi connectivity index (χ0v) is 11.6. The summed E-state index contributed by atoms with van der Waals surface area (Å²) in [6.07, 6.45) is 6.96. The first-order valence-corrected chi connectivity index (χ1v) is 7.00. The molecular formula is C14H28N2O. The highest BCUT2D eigenvalue weighted by atomic mass is 16.2. The van der Waals surface area contributed by atoms with E-state index in [-0.39, 0.29) is 11.9 Å². The van der Waals surface area contributed by atoms with Crippen molar-refractivity contribution in [3.05, 3.63) is 0 Å². The molecular weight excluding hydrogens is 212 g/mol. The number of rotatable bonds is 3. The Labute approximate surface area is 106 Å². The van der Waals surface area contributed by atoms with Gasteiger partial charge in [0.2, 0.25) is 5.91 Å². The van der Waals surface area contributed by atoms with E-state index in [1.54, 1.807) is 0 Å². The zero-order valence-electron chi connectivity index (χ0n) is 11.6. The van der Waals surface area contributed by atoms with Crippen LogP contribution in [0.2, 0.25) is 0 Å². The van der Waals surface area contributed by atoms with Crippen molar-refractivity contribution >= 4 is 5.91 Å². The molecule has 3 heteroatoms. The number of nitrogens with one attached hydrogen (secondary N) is 2. The van der Waals surface area contributed by atoms with Gasteiger partial charge < -0.3 is 10.6 Å². The number of carbonyl (C=O) groups is 1. The molecule has 100 valence electrons. The van der Waals surface area contributed by atoms with E-state index in [0.717, 1.165) is 25.9 Å². The average molecular weight is 240 g/mol. The quantitative estimate of drug-likeness (QED) is 0.795. The topological polar surface area (TPSA) is 41.1 Å². The van der Waals surface area contributed by atoms with E-state index in [4.69, 9.17) is 0 Å². The lowest BCUT2D eigenvalue weighted by molar-refractivity contribution is -0.123. The summed E-state index contributed by atoms with van der Waals surface area (Å²) in [4.78, 5) is 12.0. The molecule has 0 bridgehead atoms. The molecule has 1 amide bonds. The number of hydrogen-bond donors (Lipinski definition) is 2. The number of hydrogen-bond acceptors (Lipinski definition) is 2. The predicted molar refractivity (Wildman–Crippen MR) is 72.0 cm³/mol. The lowest BCUT2D eigenvalue weighted by Gasteiger charge is -2.22. The molecule has 0 aromatic carbocycles. The first-order chi connectivity index (χ1) is 7.99. The van der Waals surface area contributed by atoms with Crippen LogP contribution in [-0.4, -0.2) is 25.0 Å². The van der Waals surface area contributed by atoms with Gasteiger partial charge in [0.05, 0.1) is 6.04 Å². The maximum Gasteiger partial charge on any atom is 0.237 e. The molecule has 3 nitrogen and oxygen atoms in total. The van der Waals surface area contributed by atoms with Crippen LogP contribution < -0.4 is 10.6 Å². The van der Waals surface area contributed by atoms with Gasteiger partial charge in [0.1, 0.15) is 0 Å². The third-order valence-electron chi connectivity index (χ3n) is 3.30. The van der Waals surface area contributed by atoms with Gasteiger partial charge in [-0.2, -0.15) is 0 Å². The fourth-order valence-electron chi connectivity index (χ4n) is 2.11. The molecule has 0 radical (unpaired) electrons. The monoisotopic (exact) mass is 240 g/mol. The highest BCUT2D eigenvalue weighted by molar-refractivity contribution is 5.81. The van der Waals surface area contributed by atoms with Crippen LogP contribution in [0.4, 0.5) is 0 Å². The van der Waals surface area contributed by atoms with Crippen molar-refractivity contribution in [2.24, 2.45) is 5.41 Å². The van der Waals surface area contributed by atoms with E-state index in [1.165, 1.54) is 25.7 Å². The molecule has 1 aliphatic heterocycles. The Morgan fingerprint density at radius 1 is 1.24 bits per heavy atom. The molecule has 1 aliphatic rings. The van der Waals surface area contributed by atoms with Crippen LogP contribution in [0.15, 0.2) is 0 Å². The Morgan fingerprint density at radius 3 is 2.65 bits per heavy atom. The van der Waals surface area contributed by atoms with Crippen LogP contribution in [-0.2, 0) is 4.79 Å². The minimum absolute atomic E-state index is 0.0373. The molecule has 2 N–H and O–H groups in total. The van der Waals surface area contributed by atoms with Gasteiger partial charge in [0, 0.05) is 6.54 Å². The number of amides is 1.